The van der Waals surface area contributed by atoms with E-state index in [1.807, 2.05) is 48.5 Å². The molecule has 0 radical (unpaired) electrons. The summed E-state index contributed by atoms with van der Waals surface area (Å²) in [5.74, 6) is 0.806. The van der Waals surface area contributed by atoms with Gasteiger partial charge in [-0.15, -0.1) is 0 Å². The van der Waals surface area contributed by atoms with Crippen molar-refractivity contribution in [1.82, 2.24) is 15.3 Å². The number of nitrogens with zero attached hydrogens (tertiary/aromatic N) is 3. The molecule has 1 aliphatic rings. The lowest BCUT2D eigenvalue weighted by Crippen LogP contribution is -2.30. The summed E-state index contributed by atoms with van der Waals surface area (Å²) in [5, 5.41) is 3.58. The van der Waals surface area contributed by atoms with E-state index in [4.69, 9.17) is 11.6 Å². The molecule has 1 aromatic heterocycles. The lowest BCUT2D eigenvalue weighted by atomic mass is 10.1. The Labute approximate surface area is 175 Å². The summed E-state index contributed by atoms with van der Waals surface area (Å²) in [4.78, 5) is 23.8. The summed E-state index contributed by atoms with van der Waals surface area (Å²) in [6, 6.07) is 17.0. The SMILES string of the molecule is O=C(NCc1ccccc1Cl)c1cccc(-c2cc(N3CCCCC3)ncn2)c1. The average Bonchev–Trinajstić information content (AvgIpc) is 2.79. The van der Waals surface area contributed by atoms with Gasteiger partial charge in [0.05, 0.1) is 5.69 Å². The van der Waals surface area contributed by atoms with Crippen LogP contribution in [0.25, 0.3) is 11.3 Å². The first-order valence-corrected chi connectivity index (χ1v) is 10.3. The molecule has 3 aromatic rings. The fourth-order valence-electron chi connectivity index (χ4n) is 3.54. The van der Waals surface area contributed by atoms with Crippen molar-refractivity contribution in [3.05, 3.63) is 77.1 Å². The molecule has 6 heteroatoms. The molecule has 4 rings (SSSR count). The first-order chi connectivity index (χ1) is 14.2. The van der Waals surface area contributed by atoms with E-state index in [-0.39, 0.29) is 5.91 Å². The molecule has 1 N–H and O–H groups in total. The number of anilines is 1. The summed E-state index contributed by atoms with van der Waals surface area (Å²) < 4.78 is 0. The lowest BCUT2D eigenvalue weighted by molar-refractivity contribution is 0.0951. The molecule has 2 heterocycles. The fourth-order valence-corrected chi connectivity index (χ4v) is 3.74. The highest BCUT2D eigenvalue weighted by Gasteiger charge is 2.14. The molecule has 0 spiro atoms. The molecule has 5 nitrogen and oxygen atoms in total. The molecule has 148 valence electrons. The highest BCUT2D eigenvalue weighted by Crippen LogP contribution is 2.24. The minimum Gasteiger partial charge on any atom is -0.357 e. The van der Waals surface area contributed by atoms with Gasteiger partial charge in [-0.05, 0) is 43.0 Å². The lowest BCUT2D eigenvalue weighted by Gasteiger charge is -2.27. The van der Waals surface area contributed by atoms with Gasteiger partial charge < -0.3 is 10.2 Å². The zero-order valence-corrected chi connectivity index (χ0v) is 16.9. The maximum Gasteiger partial charge on any atom is 0.251 e. The number of rotatable bonds is 5. The number of carbonyl (C=O) groups is 1. The van der Waals surface area contributed by atoms with Gasteiger partial charge in [0.2, 0.25) is 0 Å². The van der Waals surface area contributed by atoms with Crippen molar-refractivity contribution in [2.75, 3.05) is 18.0 Å². The standard InChI is InChI=1S/C23H23ClN4O/c24-20-10-3-2-7-19(20)15-25-23(29)18-9-6-8-17(13-18)21-14-22(27-16-26-21)28-11-4-1-5-12-28/h2-3,6-10,13-14,16H,1,4-5,11-12,15H2,(H,25,29). The summed E-state index contributed by atoms with van der Waals surface area (Å²) >= 11 is 6.17. The number of halogens is 1. The van der Waals surface area contributed by atoms with Crippen molar-refractivity contribution in [3.8, 4) is 11.3 Å². The smallest absolute Gasteiger partial charge is 0.251 e. The minimum absolute atomic E-state index is 0.142. The van der Waals surface area contributed by atoms with E-state index in [9.17, 15) is 4.79 Å². The van der Waals surface area contributed by atoms with Crippen LogP contribution < -0.4 is 10.2 Å². The van der Waals surface area contributed by atoms with Crippen LogP contribution in [0.1, 0.15) is 35.2 Å². The van der Waals surface area contributed by atoms with Crippen molar-refractivity contribution in [2.45, 2.75) is 25.8 Å². The van der Waals surface area contributed by atoms with Gasteiger partial charge in [0, 0.05) is 41.9 Å². The van der Waals surface area contributed by atoms with Crippen LogP contribution in [0.3, 0.4) is 0 Å². The number of carbonyl (C=O) groups excluding carboxylic acids is 1. The van der Waals surface area contributed by atoms with Crippen LogP contribution in [-0.4, -0.2) is 29.0 Å². The van der Waals surface area contributed by atoms with Gasteiger partial charge in [0.1, 0.15) is 12.1 Å². The molecule has 1 saturated heterocycles. The van der Waals surface area contributed by atoms with Crippen molar-refractivity contribution < 1.29 is 4.79 Å². The Balaban J connectivity index is 1.50. The maximum absolute atomic E-state index is 12.6. The van der Waals surface area contributed by atoms with E-state index in [1.165, 1.54) is 19.3 Å². The summed E-state index contributed by atoms with van der Waals surface area (Å²) in [6.07, 6.45) is 5.27. The summed E-state index contributed by atoms with van der Waals surface area (Å²) in [7, 11) is 0. The number of hydrogen-bond donors (Lipinski definition) is 1. The monoisotopic (exact) mass is 406 g/mol. The number of benzene rings is 2. The molecule has 1 amide bonds. The third-order valence-electron chi connectivity index (χ3n) is 5.15. The Morgan fingerprint density at radius 1 is 1.00 bits per heavy atom. The van der Waals surface area contributed by atoms with Crippen molar-refractivity contribution in [3.63, 3.8) is 0 Å². The Morgan fingerprint density at radius 3 is 2.66 bits per heavy atom. The molecule has 1 fully saturated rings. The molecule has 0 unspecified atom stereocenters. The van der Waals surface area contributed by atoms with Crippen LogP contribution in [0.2, 0.25) is 5.02 Å². The zero-order chi connectivity index (χ0) is 20.1. The number of amides is 1. The van der Waals surface area contributed by atoms with Gasteiger partial charge in [-0.2, -0.15) is 0 Å². The van der Waals surface area contributed by atoms with E-state index in [1.54, 1.807) is 12.4 Å². The Morgan fingerprint density at radius 2 is 1.83 bits per heavy atom. The van der Waals surface area contributed by atoms with E-state index in [0.29, 0.717) is 17.1 Å². The van der Waals surface area contributed by atoms with Crippen LogP contribution in [0, 0.1) is 0 Å². The number of piperidine rings is 1. The Kier molecular flexibility index (Phi) is 6.06. The maximum atomic E-state index is 12.6. The van der Waals surface area contributed by atoms with Crippen LogP contribution >= 0.6 is 11.6 Å². The third-order valence-corrected chi connectivity index (χ3v) is 5.52. The summed E-state index contributed by atoms with van der Waals surface area (Å²) in [5.41, 5.74) is 3.20. The van der Waals surface area contributed by atoms with E-state index >= 15 is 0 Å². The second-order valence-corrected chi connectivity index (χ2v) is 7.57. The Bertz CT molecular complexity index is 1000. The van der Waals surface area contributed by atoms with Crippen LogP contribution in [0.5, 0.6) is 0 Å². The predicted octanol–water partition coefficient (Wildman–Crippen LogP) is 4.72. The van der Waals surface area contributed by atoms with Gasteiger partial charge in [0.15, 0.2) is 0 Å². The molecule has 0 bridgehead atoms. The second-order valence-electron chi connectivity index (χ2n) is 7.16. The molecule has 1 aliphatic heterocycles. The van der Waals surface area contributed by atoms with E-state index in [2.05, 4.69) is 20.2 Å². The first kappa shape index (κ1) is 19.4. The molecular formula is C23H23ClN4O. The molecule has 0 atom stereocenters. The topological polar surface area (TPSA) is 58.1 Å². The quantitative estimate of drug-likeness (QED) is 0.666. The summed E-state index contributed by atoms with van der Waals surface area (Å²) in [6.45, 7) is 2.44. The Hall–Kier alpha value is -2.92. The second kappa shape index (κ2) is 9.05. The van der Waals surface area contributed by atoms with E-state index < -0.39 is 0 Å². The highest BCUT2D eigenvalue weighted by molar-refractivity contribution is 6.31. The number of nitrogens with one attached hydrogen (secondary N) is 1. The average molecular weight is 407 g/mol. The van der Waals surface area contributed by atoms with Crippen molar-refractivity contribution >= 4 is 23.3 Å². The zero-order valence-electron chi connectivity index (χ0n) is 16.1. The minimum atomic E-state index is -0.142. The van der Waals surface area contributed by atoms with Gasteiger partial charge in [0.25, 0.3) is 5.91 Å². The van der Waals surface area contributed by atoms with Gasteiger partial charge in [-0.3, -0.25) is 4.79 Å². The van der Waals surface area contributed by atoms with Gasteiger partial charge in [-0.25, -0.2) is 9.97 Å². The number of aromatic nitrogens is 2. The molecule has 0 saturated carbocycles. The van der Waals surface area contributed by atoms with Crippen LogP contribution in [0.15, 0.2) is 60.9 Å². The van der Waals surface area contributed by atoms with Crippen molar-refractivity contribution in [2.24, 2.45) is 0 Å². The molecule has 29 heavy (non-hydrogen) atoms. The first-order valence-electron chi connectivity index (χ1n) is 9.90. The third kappa shape index (κ3) is 4.74. The molecule has 0 aliphatic carbocycles. The molecular weight excluding hydrogens is 384 g/mol. The van der Waals surface area contributed by atoms with Crippen LogP contribution in [0.4, 0.5) is 5.82 Å². The van der Waals surface area contributed by atoms with Crippen molar-refractivity contribution in [1.29, 1.82) is 0 Å². The van der Waals surface area contributed by atoms with Gasteiger partial charge in [-0.1, -0.05) is 41.9 Å². The van der Waals surface area contributed by atoms with Gasteiger partial charge >= 0.3 is 0 Å². The van der Waals surface area contributed by atoms with E-state index in [0.717, 1.165) is 35.7 Å². The normalized spacial score (nSPS) is 13.9. The largest absolute Gasteiger partial charge is 0.357 e. The highest BCUT2D eigenvalue weighted by atomic mass is 35.5. The fraction of sp³-hybridized carbons (Fsp3) is 0.261. The predicted molar refractivity (Wildman–Crippen MR) is 116 cm³/mol. The molecule has 2 aromatic carbocycles. The van der Waals surface area contributed by atoms with Crippen LogP contribution in [-0.2, 0) is 6.54 Å². The number of hydrogen-bond acceptors (Lipinski definition) is 4.